The van der Waals surface area contributed by atoms with Gasteiger partial charge in [-0.15, -0.1) is 0 Å². The van der Waals surface area contributed by atoms with Crippen molar-refractivity contribution in [1.82, 2.24) is 9.55 Å². The first-order valence-corrected chi connectivity index (χ1v) is 5.30. The van der Waals surface area contributed by atoms with Crippen LogP contribution in [0.1, 0.15) is 5.56 Å². The third-order valence-corrected chi connectivity index (χ3v) is 2.28. The Hall–Kier alpha value is -2.43. The third kappa shape index (κ3) is 3.04. The largest absolute Gasteiger partial charge is 0.349 e. The maximum absolute atomic E-state index is 11.8. The van der Waals surface area contributed by atoms with Gasteiger partial charge < -0.3 is 9.88 Å². The molecular weight excluding hydrogens is 230 g/mol. The number of nitrogens with one attached hydrogen (secondary N) is 1. The summed E-state index contributed by atoms with van der Waals surface area (Å²) in [6, 6.07) is 0. The van der Waals surface area contributed by atoms with Crippen LogP contribution in [0.25, 0.3) is 0 Å². The van der Waals surface area contributed by atoms with Crippen LogP contribution in [0.4, 0.5) is 5.82 Å². The highest BCUT2D eigenvalue weighted by Gasteiger charge is 2.09. The van der Waals surface area contributed by atoms with Crippen LogP contribution < -0.4 is 11.0 Å². The van der Waals surface area contributed by atoms with E-state index >= 15 is 0 Å². The van der Waals surface area contributed by atoms with Crippen molar-refractivity contribution in [3.63, 3.8) is 0 Å². The Balaban J connectivity index is 3.05. The topological polar surface area (TPSA) is 64.0 Å². The molecule has 0 atom stereocenters. The van der Waals surface area contributed by atoms with Gasteiger partial charge >= 0.3 is 5.69 Å². The van der Waals surface area contributed by atoms with Crippen LogP contribution in [-0.4, -0.2) is 15.5 Å². The van der Waals surface area contributed by atoms with Gasteiger partial charge in [0.25, 0.3) is 5.91 Å². The zero-order chi connectivity index (χ0) is 13.7. The van der Waals surface area contributed by atoms with Crippen molar-refractivity contribution >= 4 is 11.7 Å². The zero-order valence-electron chi connectivity index (χ0n) is 10.4. The Labute approximate surface area is 105 Å². The van der Waals surface area contributed by atoms with Crippen molar-refractivity contribution in [1.29, 1.82) is 0 Å². The van der Waals surface area contributed by atoms with Crippen LogP contribution in [0.3, 0.4) is 0 Å². The van der Waals surface area contributed by atoms with Crippen LogP contribution in [0.2, 0.25) is 0 Å². The number of hydrogen-bond donors (Lipinski definition) is 1. The lowest BCUT2D eigenvalue weighted by atomic mass is 10.2. The number of rotatable bonds is 4. The average Bonchev–Trinajstić information content (AvgIpc) is 2.32. The molecule has 0 saturated heterocycles. The number of nitrogens with zero attached hydrogens (tertiary/aromatic N) is 2. The van der Waals surface area contributed by atoms with Crippen molar-refractivity contribution in [3.8, 4) is 0 Å². The lowest BCUT2D eigenvalue weighted by molar-refractivity contribution is -0.112. The van der Waals surface area contributed by atoms with Gasteiger partial charge in [0.2, 0.25) is 0 Å². The zero-order valence-corrected chi connectivity index (χ0v) is 10.4. The fourth-order valence-corrected chi connectivity index (χ4v) is 1.34. The molecule has 1 amide bonds. The molecule has 0 fully saturated rings. The standard InChI is InChI=1S/C13H15N3O2/c1-5-7-10(6-2)12(17)14-11-9(3)8-16(4)13(18)15-11/h5-8H,1-2H2,3-4H3,(H,14,15,17,18)/b10-7+. The van der Waals surface area contributed by atoms with E-state index in [4.69, 9.17) is 0 Å². The number of carbonyl (C=O) groups excluding carboxylic acids is 1. The van der Waals surface area contributed by atoms with Crippen LogP contribution in [0.15, 0.2) is 48.0 Å². The summed E-state index contributed by atoms with van der Waals surface area (Å²) in [5, 5.41) is 2.56. The Morgan fingerprint density at radius 2 is 2.17 bits per heavy atom. The molecule has 0 bridgehead atoms. The summed E-state index contributed by atoms with van der Waals surface area (Å²) in [7, 11) is 1.60. The van der Waals surface area contributed by atoms with Crippen LogP contribution in [-0.2, 0) is 11.8 Å². The van der Waals surface area contributed by atoms with E-state index in [-0.39, 0.29) is 11.7 Å². The summed E-state index contributed by atoms with van der Waals surface area (Å²) in [5.74, 6) is -0.131. The van der Waals surface area contributed by atoms with Gasteiger partial charge in [0.05, 0.1) is 0 Å². The first-order valence-electron chi connectivity index (χ1n) is 5.30. The number of aromatic nitrogens is 2. The van der Waals surface area contributed by atoms with Gasteiger partial charge in [-0.3, -0.25) is 4.79 Å². The predicted octanol–water partition coefficient (Wildman–Crippen LogP) is 1.33. The molecule has 1 N–H and O–H groups in total. The quantitative estimate of drug-likeness (QED) is 0.643. The summed E-state index contributed by atoms with van der Waals surface area (Å²) in [6.07, 6.45) is 6.03. The normalized spacial score (nSPS) is 10.9. The Morgan fingerprint density at radius 3 is 2.72 bits per heavy atom. The molecule has 0 aromatic carbocycles. The van der Waals surface area contributed by atoms with Gasteiger partial charge in [-0.1, -0.05) is 31.4 Å². The molecule has 1 aromatic heterocycles. The Morgan fingerprint density at radius 1 is 1.50 bits per heavy atom. The Bertz CT molecular complexity index is 582. The molecule has 0 unspecified atom stereocenters. The summed E-state index contributed by atoms with van der Waals surface area (Å²) < 4.78 is 1.35. The highest BCUT2D eigenvalue weighted by Crippen LogP contribution is 2.09. The fraction of sp³-hybridized carbons (Fsp3) is 0.154. The molecule has 18 heavy (non-hydrogen) atoms. The maximum atomic E-state index is 11.8. The van der Waals surface area contributed by atoms with E-state index in [1.807, 2.05) is 0 Å². The van der Waals surface area contributed by atoms with Gasteiger partial charge in [-0.2, -0.15) is 4.98 Å². The molecule has 94 valence electrons. The minimum atomic E-state index is -0.427. The van der Waals surface area contributed by atoms with E-state index in [1.54, 1.807) is 20.2 Å². The second-order valence-corrected chi connectivity index (χ2v) is 3.68. The highest BCUT2D eigenvalue weighted by atomic mass is 16.2. The van der Waals surface area contributed by atoms with E-state index in [9.17, 15) is 9.59 Å². The molecule has 0 aliphatic rings. The van der Waals surface area contributed by atoms with Crippen LogP contribution in [0.5, 0.6) is 0 Å². The van der Waals surface area contributed by atoms with Crippen LogP contribution in [0, 0.1) is 6.92 Å². The number of anilines is 1. The van der Waals surface area contributed by atoms with Gasteiger partial charge in [0, 0.05) is 24.4 Å². The van der Waals surface area contributed by atoms with E-state index < -0.39 is 5.69 Å². The third-order valence-electron chi connectivity index (χ3n) is 2.28. The monoisotopic (exact) mass is 245 g/mol. The number of carbonyl (C=O) groups is 1. The second-order valence-electron chi connectivity index (χ2n) is 3.68. The molecule has 5 heteroatoms. The lowest BCUT2D eigenvalue weighted by Crippen LogP contribution is -2.24. The molecular formula is C13H15N3O2. The Kier molecular flexibility index (Phi) is 4.37. The number of allylic oxidation sites excluding steroid dienone is 2. The number of aryl methyl sites for hydroxylation is 2. The SMILES string of the molecule is C=C/C=C(\C=C)C(=O)Nc1nc(=O)n(C)cc1C. The highest BCUT2D eigenvalue weighted by molar-refractivity contribution is 6.05. The van der Waals surface area contributed by atoms with Crippen molar-refractivity contribution in [2.75, 3.05) is 5.32 Å². The van der Waals surface area contributed by atoms with E-state index in [0.717, 1.165) is 0 Å². The molecule has 0 radical (unpaired) electrons. The molecule has 0 spiro atoms. The van der Waals surface area contributed by atoms with E-state index in [2.05, 4.69) is 23.5 Å². The second kappa shape index (κ2) is 5.77. The summed E-state index contributed by atoms with van der Waals surface area (Å²) in [5.41, 5.74) is 0.628. The molecule has 0 saturated carbocycles. The average molecular weight is 245 g/mol. The van der Waals surface area contributed by atoms with Crippen molar-refractivity contribution in [3.05, 3.63) is 59.2 Å². The van der Waals surface area contributed by atoms with Crippen molar-refractivity contribution in [2.24, 2.45) is 7.05 Å². The van der Waals surface area contributed by atoms with Crippen molar-refractivity contribution < 1.29 is 4.79 Å². The van der Waals surface area contributed by atoms with Crippen LogP contribution >= 0.6 is 0 Å². The summed E-state index contributed by atoms with van der Waals surface area (Å²) >= 11 is 0. The molecule has 5 nitrogen and oxygen atoms in total. The molecule has 0 aliphatic heterocycles. The minimum Gasteiger partial charge on any atom is -0.306 e. The molecule has 1 aromatic rings. The maximum Gasteiger partial charge on any atom is 0.349 e. The molecule has 0 aliphatic carbocycles. The minimum absolute atomic E-state index is 0.250. The smallest absolute Gasteiger partial charge is 0.306 e. The summed E-state index contributed by atoms with van der Waals surface area (Å²) in [4.78, 5) is 27.0. The first-order chi connectivity index (χ1) is 8.49. The fourth-order valence-electron chi connectivity index (χ4n) is 1.34. The molecule has 1 heterocycles. The van der Waals surface area contributed by atoms with Gasteiger partial charge in [-0.05, 0) is 6.92 Å². The van der Waals surface area contributed by atoms with E-state index in [0.29, 0.717) is 11.1 Å². The van der Waals surface area contributed by atoms with Gasteiger partial charge in [0.1, 0.15) is 5.82 Å². The molecule has 1 rings (SSSR count). The van der Waals surface area contributed by atoms with Crippen molar-refractivity contribution in [2.45, 2.75) is 6.92 Å². The number of hydrogen-bond acceptors (Lipinski definition) is 3. The lowest BCUT2D eigenvalue weighted by Gasteiger charge is -2.08. The summed E-state index contributed by atoms with van der Waals surface area (Å²) in [6.45, 7) is 8.80. The number of amides is 1. The first kappa shape index (κ1) is 13.6. The predicted molar refractivity (Wildman–Crippen MR) is 71.3 cm³/mol. The van der Waals surface area contributed by atoms with E-state index in [1.165, 1.54) is 22.8 Å². The van der Waals surface area contributed by atoms with Gasteiger partial charge in [-0.25, -0.2) is 4.79 Å². The van der Waals surface area contributed by atoms with Gasteiger partial charge in [0.15, 0.2) is 0 Å².